The van der Waals surface area contributed by atoms with E-state index in [4.69, 9.17) is 28.2 Å². The van der Waals surface area contributed by atoms with Gasteiger partial charge in [0, 0.05) is 21.9 Å². The molecule has 0 aliphatic carbocycles. The Hall–Kier alpha value is -1.87. The highest BCUT2D eigenvalue weighted by Gasteiger charge is 2.20. The molecule has 0 atom stereocenters. The van der Waals surface area contributed by atoms with Gasteiger partial charge in [-0.25, -0.2) is 15.0 Å². The third-order valence-corrected chi connectivity index (χ3v) is 6.86. The topological polar surface area (TPSA) is 76.5 Å². The van der Waals surface area contributed by atoms with E-state index in [0.29, 0.717) is 32.9 Å². The van der Waals surface area contributed by atoms with Crippen molar-refractivity contribution in [3.63, 3.8) is 0 Å². The van der Waals surface area contributed by atoms with Gasteiger partial charge in [0.25, 0.3) is 0 Å². The van der Waals surface area contributed by atoms with Crippen LogP contribution in [0.2, 0.25) is 10.0 Å². The number of aromatic nitrogens is 5. The van der Waals surface area contributed by atoms with Gasteiger partial charge in [0.15, 0.2) is 5.82 Å². The second-order valence-corrected chi connectivity index (χ2v) is 10.0. The van der Waals surface area contributed by atoms with Crippen LogP contribution in [0, 0.1) is 0 Å². The van der Waals surface area contributed by atoms with Crippen LogP contribution in [0.4, 0.5) is 10.9 Å². The van der Waals surface area contributed by atoms with E-state index in [1.807, 2.05) is 18.2 Å². The number of fused-ring (bicyclic) bond motifs is 1. The Balaban J connectivity index is 1.65. The Labute approximate surface area is 180 Å². The lowest BCUT2D eigenvalue weighted by atomic mass is 9.98. The molecule has 4 aromatic rings. The molecule has 0 radical (unpaired) electrons. The van der Waals surface area contributed by atoms with Gasteiger partial charge in [-0.1, -0.05) is 72.7 Å². The first-order valence-electron chi connectivity index (χ1n) is 8.45. The van der Waals surface area contributed by atoms with Crippen LogP contribution in [0.15, 0.2) is 24.5 Å². The number of thiazole rings is 1. The molecule has 1 N–H and O–H groups in total. The summed E-state index contributed by atoms with van der Waals surface area (Å²) in [7, 11) is 0. The number of hydrogen-bond acceptors (Lipinski definition) is 8. The Morgan fingerprint density at radius 3 is 2.46 bits per heavy atom. The van der Waals surface area contributed by atoms with E-state index in [2.05, 4.69) is 46.3 Å². The highest BCUT2D eigenvalue weighted by Crippen LogP contribution is 2.33. The van der Waals surface area contributed by atoms with E-state index in [1.165, 1.54) is 29.0 Å². The Morgan fingerprint density at radius 1 is 1.04 bits per heavy atom. The van der Waals surface area contributed by atoms with Gasteiger partial charge in [0.05, 0.1) is 0 Å². The van der Waals surface area contributed by atoms with Crippen LogP contribution in [0.5, 0.6) is 0 Å². The van der Waals surface area contributed by atoms with Crippen molar-refractivity contribution in [3.8, 4) is 0 Å². The number of rotatable bonds is 4. The maximum Gasteiger partial charge on any atom is 0.211 e. The first-order valence-corrected chi connectivity index (χ1v) is 10.8. The molecule has 0 amide bonds. The van der Waals surface area contributed by atoms with Crippen molar-refractivity contribution in [2.75, 3.05) is 5.32 Å². The van der Waals surface area contributed by atoms with Crippen molar-refractivity contribution in [1.29, 1.82) is 0 Å². The minimum absolute atomic E-state index is 0.0550. The van der Waals surface area contributed by atoms with E-state index in [9.17, 15) is 0 Å². The third kappa shape index (κ3) is 3.96. The zero-order valence-corrected chi connectivity index (χ0v) is 18.5. The molecule has 4 rings (SSSR count). The zero-order valence-electron chi connectivity index (χ0n) is 15.3. The third-order valence-electron chi connectivity index (χ3n) is 3.92. The second kappa shape index (κ2) is 7.51. The summed E-state index contributed by atoms with van der Waals surface area (Å²) in [5.41, 5.74) is 1.49. The standard InChI is InChI=1S/C18H16Cl2N6S2/c1-18(2,3)16-25-26-17(28-16)24-14-13-15(22-8-21-14)27-12(23-13)7-9-10(19)5-4-6-11(9)20/h4-6,8H,7H2,1-3H3,(H,21,22,24,26). The van der Waals surface area contributed by atoms with Gasteiger partial charge in [0.1, 0.15) is 26.7 Å². The van der Waals surface area contributed by atoms with Gasteiger partial charge in [-0.2, -0.15) is 0 Å². The fourth-order valence-corrected chi connectivity index (χ4v) is 4.74. The van der Waals surface area contributed by atoms with Gasteiger partial charge < -0.3 is 5.32 Å². The monoisotopic (exact) mass is 450 g/mol. The van der Waals surface area contributed by atoms with Crippen LogP contribution in [-0.4, -0.2) is 25.1 Å². The summed E-state index contributed by atoms with van der Waals surface area (Å²) in [6.07, 6.45) is 2.05. The number of nitrogens with one attached hydrogen (secondary N) is 1. The predicted octanol–water partition coefficient (Wildman–Crippen LogP) is 5.88. The van der Waals surface area contributed by atoms with Crippen LogP contribution in [-0.2, 0) is 11.8 Å². The lowest BCUT2D eigenvalue weighted by Crippen LogP contribution is -2.10. The SMILES string of the molecule is CC(C)(C)c1nnc(Nc2ncnc3sc(Cc4c(Cl)cccc4Cl)nc23)s1. The molecule has 0 aliphatic heterocycles. The first-order chi connectivity index (χ1) is 13.3. The molecule has 0 bridgehead atoms. The molecule has 144 valence electrons. The minimum atomic E-state index is -0.0550. The van der Waals surface area contributed by atoms with Gasteiger partial charge in [-0.05, 0) is 17.7 Å². The summed E-state index contributed by atoms with van der Waals surface area (Å²) in [4.78, 5) is 14.2. The number of benzene rings is 1. The second-order valence-electron chi connectivity index (χ2n) is 7.15. The molecular weight excluding hydrogens is 435 g/mol. The predicted molar refractivity (Wildman–Crippen MR) is 116 cm³/mol. The summed E-state index contributed by atoms with van der Waals surface area (Å²) >= 11 is 15.6. The van der Waals surface area contributed by atoms with Crippen molar-refractivity contribution < 1.29 is 0 Å². The average molecular weight is 451 g/mol. The Bertz CT molecular complexity index is 1130. The van der Waals surface area contributed by atoms with Crippen LogP contribution in [0.3, 0.4) is 0 Å². The molecule has 1 aromatic carbocycles. The smallest absolute Gasteiger partial charge is 0.211 e. The molecule has 3 aromatic heterocycles. The Kier molecular flexibility index (Phi) is 5.22. The highest BCUT2D eigenvalue weighted by atomic mass is 35.5. The molecule has 0 aliphatic rings. The van der Waals surface area contributed by atoms with Gasteiger partial charge in [-0.15, -0.1) is 10.2 Å². The molecule has 0 unspecified atom stereocenters. The lowest BCUT2D eigenvalue weighted by Gasteiger charge is -2.12. The van der Waals surface area contributed by atoms with Crippen molar-refractivity contribution in [1.82, 2.24) is 25.1 Å². The van der Waals surface area contributed by atoms with E-state index in [0.717, 1.165) is 20.4 Å². The summed E-state index contributed by atoms with van der Waals surface area (Å²) in [6, 6.07) is 5.48. The van der Waals surface area contributed by atoms with Crippen molar-refractivity contribution in [2.24, 2.45) is 0 Å². The van der Waals surface area contributed by atoms with E-state index in [1.54, 1.807) is 0 Å². The molecule has 0 saturated carbocycles. The summed E-state index contributed by atoms with van der Waals surface area (Å²) in [5, 5.41) is 15.4. The summed E-state index contributed by atoms with van der Waals surface area (Å²) in [6.45, 7) is 6.31. The van der Waals surface area contributed by atoms with Crippen molar-refractivity contribution in [2.45, 2.75) is 32.6 Å². The van der Waals surface area contributed by atoms with E-state index in [-0.39, 0.29) is 5.41 Å². The number of anilines is 2. The van der Waals surface area contributed by atoms with E-state index >= 15 is 0 Å². The molecule has 6 nitrogen and oxygen atoms in total. The number of nitrogens with zero attached hydrogens (tertiary/aromatic N) is 5. The number of hydrogen-bond donors (Lipinski definition) is 1. The van der Waals surface area contributed by atoms with Crippen LogP contribution in [0.25, 0.3) is 10.3 Å². The zero-order chi connectivity index (χ0) is 19.9. The van der Waals surface area contributed by atoms with Gasteiger partial charge in [-0.3, -0.25) is 0 Å². The minimum Gasteiger partial charge on any atom is -0.313 e. The fourth-order valence-electron chi connectivity index (χ4n) is 2.49. The first kappa shape index (κ1) is 19.4. The lowest BCUT2D eigenvalue weighted by molar-refractivity contribution is 0.578. The molecule has 0 spiro atoms. The highest BCUT2D eigenvalue weighted by molar-refractivity contribution is 7.18. The van der Waals surface area contributed by atoms with Crippen molar-refractivity contribution >= 4 is 67.2 Å². The molecule has 3 heterocycles. The van der Waals surface area contributed by atoms with Gasteiger partial charge in [0.2, 0.25) is 5.13 Å². The largest absolute Gasteiger partial charge is 0.313 e. The quantitative estimate of drug-likeness (QED) is 0.418. The summed E-state index contributed by atoms with van der Waals surface area (Å²) in [5.74, 6) is 0.606. The molecular formula is C18H16Cl2N6S2. The average Bonchev–Trinajstić information content (AvgIpc) is 3.25. The maximum atomic E-state index is 6.29. The van der Waals surface area contributed by atoms with Crippen molar-refractivity contribution in [3.05, 3.63) is 50.2 Å². The molecule has 0 fully saturated rings. The Morgan fingerprint density at radius 2 is 1.79 bits per heavy atom. The van der Waals surface area contributed by atoms with Gasteiger partial charge >= 0.3 is 0 Å². The summed E-state index contributed by atoms with van der Waals surface area (Å²) < 4.78 is 0. The van der Waals surface area contributed by atoms with Crippen LogP contribution < -0.4 is 5.32 Å². The normalized spacial score (nSPS) is 11.9. The van der Waals surface area contributed by atoms with E-state index < -0.39 is 0 Å². The number of halogens is 2. The molecule has 10 heteroatoms. The van der Waals surface area contributed by atoms with Crippen LogP contribution >= 0.6 is 45.9 Å². The maximum absolute atomic E-state index is 6.29. The molecule has 28 heavy (non-hydrogen) atoms. The molecule has 0 saturated heterocycles. The fraction of sp³-hybridized carbons (Fsp3) is 0.278. The van der Waals surface area contributed by atoms with Crippen LogP contribution in [0.1, 0.15) is 36.3 Å².